The number of hydrogen-bond acceptors (Lipinski definition) is 5. The van der Waals surface area contributed by atoms with Crippen LogP contribution in [0.3, 0.4) is 0 Å². The summed E-state index contributed by atoms with van der Waals surface area (Å²) in [5.74, 6) is 0.266. The number of aliphatic carboxylic acids is 1. The predicted octanol–water partition coefficient (Wildman–Crippen LogP) is 0.492. The smallest absolute Gasteiger partial charge is 0.330 e. The van der Waals surface area contributed by atoms with Crippen LogP contribution in [0, 0.1) is 13.8 Å². The molecule has 0 aromatic carbocycles. The molecule has 0 aliphatic carbocycles. The fraction of sp³-hybridized carbons (Fsp3) is 0.615. The fourth-order valence-electron chi connectivity index (χ4n) is 2.29. The Hall–Kier alpha value is -1.70. The Kier molecular flexibility index (Phi) is 4.46. The van der Waals surface area contributed by atoms with Crippen LogP contribution in [0.2, 0.25) is 0 Å². The van der Waals surface area contributed by atoms with Gasteiger partial charge in [0.1, 0.15) is 11.2 Å². The number of carboxylic acids is 1. The molecule has 1 aliphatic rings. The highest BCUT2D eigenvalue weighted by Gasteiger charge is 2.43. The molecule has 0 saturated carbocycles. The SMILES string of the molecule is Cc1nn(C)c(C)c1OCC(=O)NC1(C(=O)O)CCSC1. The summed E-state index contributed by atoms with van der Waals surface area (Å²) in [6.07, 6.45) is 0.434. The van der Waals surface area contributed by atoms with E-state index in [2.05, 4.69) is 10.4 Å². The molecule has 0 bridgehead atoms. The lowest BCUT2D eigenvalue weighted by Gasteiger charge is -2.24. The van der Waals surface area contributed by atoms with Crippen LogP contribution in [0.4, 0.5) is 0 Å². The molecule has 1 aromatic rings. The van der Waals surface area contributed by atoms with Gasteiger partial charge in [-0.15, -0.1) is 0 Å². The predicted molar refractivity (Wildman–Crippen MR) is 78.6 cm³/mol. The minimum absolute atomic E-state index is 0.215. The number of ether oxygens (including phenoxy) is 1. The van der Waals surface area contributed by atoms with Crippen molar-refractivity contribution < 1.29 is 19.4 Å². The summed E-state index contributed by atoms with van der Waals surface area (Å²) < 4.78 is 7.17. The highest BCUT2D eigenvalue weighted by molar-refractivity contribution is 7.99. The topological polar surface area (TPSA) is 93.5 Å². The number of aromatic nitrogens is 2. The third-order valence-corrected chi connectivity index (χ3v) is 4.79. The Balaban J connectivity index is 1.97. The number of amides is 1. The first-order chi connectivity index (χ1) is 9.85. The van der Waals surface area contributed by atoms with Crippen molar-refractivity contribution >= 4 is 23.6 Å². The Labute approximate surface area is 127 Å². The van der Waals surface area contributed by atoms with Crippen LogP contribution in [0.15, 0.2) is 0 Å². The zero-order chi connectivity index (χ0) is 15.6. The first-order valence-corrected chi connectivity index (χ1v) is 7.76. The van der Waals surface area contributed by atoms with Gasteiger partial charge in [0.2, 0.25) is 0 Å². The van der Waals surface area contributed by atoms with E-state index in [0.29, 0.717) is 23.6 Å². The highest BCUT2D eigenvalue weighted by atomic mass is 32.2. The number of carboxylic acid groups (broad SMARTS) is 1. The van der Waals surface area contributed by atoms with Crippen molar-refractivity contribution in [2.75, 3.05) is 18.1 Å². The van der Waals surface area contributed by atoms with Crippen molar-refractivity contribution in [3.63, 3.8) is 0 Å². The van der Waals surface area contributed by atoms with E-state index in [9.17, 15) is 14.7 Å². The number of carbonyl (C=O) groups is 2. The second-order valence-electron chi connectivity index (χ2n) is 5.15. The summed E-state index contributed by atoms with van der Waals surface area (Å²) in [6, 6.07) is 0. The van der Waals surface area contributed by atoms with Gasteiger partial charge in [0.15, 0.2) is 12.4 Å². The molecule has 21 heavy (non-hydrogen) atoms. The normalized spacial score (nSPS) is 21.3. The summed E-state index contributed by atoms with van der Waals surface area (Å²) in [4.78, 5) is 23.3. The molecular formula is C13H19N3O4S. The lowest BCUT2D eigenvalue weighted by Crippen LogP contribution is -2.55. The van der Waals surface area contributed by atoms with Crippen LogP contribution >= 0.6 is 11.8 Å². The third kappa shape index (κ3) is 3.15. The number of rotatable bonds is 5. The van der Waals surface area contributed by atoms with Crippen LogP contribution in [0.25, 0.3) is 0 Å². The summed E-state index contributed by atoms with van der Waals surface area (Å²) in [6.45, 7) is 3.43. The summed E-state index contributed by atoms with van der Waals surface area (Å²) >= 11 is 1.52. The van der Waals surface area contributed by atoms with E-state index in [-0.39, 0.29) is 6.61 Å². The van der Waals surface area contributed by atoms with E-state index < -0.39 is 17.4 Å². The highest BCUT2D eigenvalue weighted by Crippen LogP contribution is 2.28. The quantitative estimate of drug-likeness (QED) is 0.822. The number of nitrogens with one attached hydrogen (secondary N) is 1. The third-order valence-electron chi connectivity index (χ3n) is 3.60. The molecule has 1 amide bonds. The molecule has 1 saturated heterocycles. The van der Waals surface area contributed by atoms with Crippen LogP contribution < -0.4 is 10.1 Å². The van der Waals surface area contributed by atoms with Gasteiger partial charge in [-0.2, -0.15) is 16.9 Å². The van der Waals surface area contributed by atoms with Crippen LogP contribution in [0.5, 0.6) is 5.75 Å². The van der Waals surface area contributed by atoms with Crippen molar-refractivity contribution in [1.82, 2.24) is 15.1 Å². The van der Waals surface area contributed by atoms with Gasteiger partial charge in [0.25, 0.3) is 5.91 Å². The lowest BCUT2D eigenvalue weighted by molar-refractivity contribution is -0.146. The van der Waals surface area contributed by atoms with E-state index >= 15 is 0 Å². The lowest BCUT2D eigenvalue weighted by atomic mass is 9.99. The summed E-state index contributed by atoms with van der Waals surface area (Å²) in [7, 11) is 1.80. The zero-order valence-electron chi connectivity index (χ0n) is 12.3. The van der Waals surface area contributed by atoms with Crippen molar-refractivity contribution in [1.29, 1.82) is 0 Å². The van der Waals surface area contributed by atoms with E-state index in [1.54, 1.807) is 18.7 Å². The maximum Gasteiger partial charge on any atom is 0.330 e. The average molecular weight is 313 g/mol. The molecule has 2 N–H and O–H groups in total. The Morgan fingerprint density at radius 3 is 2.71 bits per heavy atom. The van der Waals surface area contributed by atoms with Gasteiger partial charge >= 0.3 is 5.97 Å². The van der Waals surface area contributed by atoms with Gasteiger partial charge < -0.3 is 15.2 Å². The molecule has 1 atom stereocenters. The Morgan fingerprint density at radius 2 is 2.24 bits per heavy atom. The molecule has 1 fully saturated rings. The minimum Gasteiger partial charge on any atom is -0.480 e. The molecule has 1 aromatic heterocycles. The largest absolute Gasteiger partial charge is 0.480 e. The second kappa shape index (κ2) is 5.97. The van der Waals surface area contributed by atoms with E-state index in [0.717, 1.165) is 11.4 Å². The molecule has 2 heterocycles. The molecule has 8 heteroatoms. The zero-order valence-corrected chi connectivity index (χ0v) is 13.1. The number of nitrogens with zero attached hydrogens (tertiary/aromatic N) is 2. The molecule has 2 rings (SSSR count). The van der Waals surface area contributed by atoms with Gasteiger partial charge in [-0.3, -0.25) is 9.48 Å². The molecular weight excluding hydrogens is 294 g/mol. The summed E-state index contributed by atoms with van der Waals surface area (Å²) in [5.41, 5.74) is 0.362. The second-order valence-corrected chi connectivity index (χ2v) is 6.26. The van der Waals surface area contributed by atoms with Crippen molar-refractivity contribution in [2.24, 2.45) is 7.05 Å². The molecule has 7 nitrogen and oxygen atoms in total. The monoisotopic (exact) mass is 313 g/mol. The van der Waals surface area contributed by atoms with Crippen LogP contribution in [-0.4, -0.2) is 50.4 Å². The average Bonchev–Trinajstić information content (AvgIpc) is 2.96. The Morgan fingerprint density at radius 1 is 1.52 bits per heavy atom. The summed E-state index contributed by atoms with van der Waals surface area (Å²) in [5, 5.41) is 16.1. The maximum atomic E-state index is 12.0. The van der Waals surface area contributed by atoms with Crippen molar-refractivity contribution in [3.05, 3.63) is 11.4 Å². The Bertz CT molecular complexity index is 564. The van der Waals surface area contributed by atoms with Crippen LogP contribution in [0.1, 0.15) is 17.8 Å². The van der Waals surface area contributed by atoms with E-state index in [1.807, 2.05) is 6.92 Å². The standard InChI is InChI=1S/C13H19N3O4S/c1-8-11(9(2)16(3)15-8)20-6-10(17)14-13(12(18)19)4-5-21-7-13/h4-7H2,1-3H3,(H,14,17)(H,18,19). The molecule has 1 aliphatic heterocycles. The first-order valence-electron chi connectivity index (χ1n) is 6.61. The molecule has 0 radical (unpaired) electrons. The molecule has 1 unspecified atom stereocenters. The molecule has 116 valence electrons. The van der Waals surface area contributed by atoms with Gasteiger partial charge in [-0.1, -0.05) is 0 Å². The first kappa shape index (κ1) is 15.7. The van der Waals surface area contributed by atoms with Gasteiger partial charge in [0.05, 0.1) is 5.69 Å². The van der Waals surface area contributed by atoms with Crippen molar-refractivity contribution in [3.8, 4) is 5.75 Å². The van der Waals surface area contributed by atoms with Crippen LogP contribution in [-0.2, 0) is 16.6 Å². The number of carbonyl (C=O) groups excluding carboxylic acids is 1. The molecule has 0 spiro atoms. The number of aryl methyl sites for hydroxylation is 2. The van der Waals surface area contributed by atoms with E-state index in [4.69, 9.17) is 4.74 Å². The number of hydrogen-bond donors (Lipinski definition) is 2. The number of thioether (sulfide) groups is 1. The maximum absolute atomic E-state index is 12.0. The minimum atomic E-state index is -1.16. The fourth-order valence-corrected chi connectivity index (χ4v) is 3.62. The van der Waals surface area contributed by atoms with Gasteiger partial charge in [-0.05, 0) is 26.0 Å². The van der Waals surface area contributed by atoms with Gasteiger partial charge in [-0.25, -0.2) is 4.79 Å². The van der Waals surface area contributed by atoms with E-state index in [1.165, 1.54) is 11.8 Å². The van der Waals surface area contributed by atoms with Gasteiger partial charge in [0, 0.05) is 12.8 Å². The van der Waals surface area contributed by atoms with Crippen molar-refractivity contribution in [2.45, 2.75) is 25.8 Å².